The number of H-pyrrole nitrogens is 2. The molecule has 0 aliphatic carbocycles. The summed E-state index contributed by atoms with van der Waals surface area (Å²) in [6.07, 6.45) is 9.73. The highest BCUT2D eigenvalue weighted by atomic mass is 32.1. The number of rotatable bonds is 13. The summed E-state index contributed by atoms with van der Waals surface area (Å²) < 4.78 is 1.21. The van der Waals surface area contributed by atoms with Gasteiger partial charge >= 0.3 is 0 Å². The Morgan fingerprint density at radius 1 is 0.842 bits per heavy atom. The average Bonchev–Trinajstić information content (AvgIpc) is 3.71. The molecule has 8 heteroatoms. The van der Waals surface area contributed by atoms with Crippen molar-refractivity contribution >= 4 is 21.6 Å². The topological polar surface area (TPSA) is 76.7 Å². The highest BCUT2D eigenvalue weighted by molar-refractivity contribution is 7.21. The van der Waals surface area contributed by atoms with Crippen LogP contribution in [0.5, 0.6) is 0 Å². The van der Waals surface area contributed by atoms with E-state index in [-0.39, 0.29) is 6.04 Å². The molecule has 3 aromatic heterocycles. The van der Waals surface area contributed by atoms with Gasteiger partial charge in [-0.15, -0.1) is 11.3 Å². The van der Waals surface area contributed by atoms with Crippen molar-refractivity contribution in [2.45, 2.75) is 59.3 Å². The highest BCUT2D eigenvalue weighted by Gasteiger charge is 2.20. The summed E-state index contributed by atoms with van der Waals surface area (Å²) in [6.45, 7) is 11.5. The number of aromatic amines is 2. The van der Waals surface area contributed by atoms with E-state index in [0.717, 1.165) is 48.4 Å². The standard InChI is InChI=1S/C30H37N7S/c1-4-16-36(17-5-2)19-23-6-9-25(10-7-23)30-35-26-11-8-24(18-27(26)38-30)20-37(21-28-31-12-13-32-28)22(3)29-33-14-15-34-29/h6-15,18,22H,4-5,16-17,19-21H2,1-3H3,(H,31,32)(H,33,34). The zero-order valence-corrected chi connectivity index (χ0v) is 23.3. The second kappa shape index (κ2) is 12.5. The van der Waals surface area contributed by atoms with Crippen LogP contribution in [0.2, 0.25) is 0 Å². The van der Waals surface area contributed by atoms with Crippen molar-refractivity contribution in [3.05, 3.63) is 90.0 Å². The zero-order chi connectivity index (χ0) is 26.3. The summed E-state index contributed by atoms with van der Waals surface area (Å²) >= 11 is 1.76. The number of thiazole rings is 1. The maximum atomic E-state index is 4.95. The van der Waals surface area contributed by atoms with Crippen molar-refractivity contribution in [2.24, 2.45) is 0 Å². The molecule has 0 saturated heterocycles. The van der Waals surface area contributed by atoms with E-state index in [2.05, 4.69) is 93.0 Å². The van der Waals surface area contributed by atoms with Gasteiger partial charge in [-0.2, -0.15) is 0 Å². The first kappa shape index (κ1) is 26.3. The van der Waals surface area contributed by atoms with Crippen LogP contribution in [-0.4, -0.2) is 47.8 Å². The molecule has 0 spiro atoms. The largest absolute Gasteiger partial charge is 0.348 e. The first-order valence-corrected chi connectivity index (χ1v) is 14.4. The molecule has 38 heavy (non-hydrogen) atoms. The molecule has 0 amide bonds. The van der Waals surface area contributed by atoms with Gasteiger partial charge in [0.05, 0.1) is 22.8 Å². The summed E-state index contributed by atoms with van der Waals surface area (Å²) in [4.78, 5) is 25.3. The third kappa shape index (κ3) is 6.38. The Labute approximate surface area is 229 Å². The number of fused-ring (bicyclic) bond motifs is 1. The maximum Gasteiger partial charge on any atom is 0.124 e. The lowest BCUT2D eigenvalue weighted by Gasteiger charge is -2.27. The van der Waals surface area contributed by atoms with E-state index in [1.165, 1.54) is 34.2 Å². The van der Waals surface area contributed by atoms with Gasteiger partial charge in [0.15, 0.2) is 0 Å². The van der Waals surface area contributed by atoms with Crippen LogP contribution in [0.4, 0.5) is 0 Å². The van der Waals surface area contributed by atoms with Gasteiger partial charge in [0, 0.05) is 43.4 Å². The molecule has 0 aliphatic rings. The van der Waals surface area contributed by atoms with E-state index in [1.807, 2.05) is 12.4 Å². The predicted octanol–water partition coefficient (Wildman–Crippen LogP) is 6.79. The van der Waals surface area contributed by atoms with Crippen molar-refractivity contribution in [3.63, 3.8) is 0 Å². The third-order valence-corrected chi connectivity index (χ3v) is 7.96. The zero-order valence-electron chi connectivity index (χ0n) is 22.5. The van der Waals surface area contributed by atoms with E-state index in [4.69, 9.17) is 4.98 Å². The summed E-state index contributed by atoms with van der Waals surface area (Å²) in [6, 6.07) is 15.7. The molecule has 0 fully saturated rings. The number of hydrogen-bond acceptors (Lipinski definition) is 6. The Kier molecular flexibility index (Phi) is 8.63. The molecule has 5 aromatic rings. The van der Waals surface area contributed by atoms with E-state index >= 15 is 0 Å². The molecule has 2 N–H and O–H groups in total. The van der Waals surface area contributed by atoms with Gasteiger partial charge in [0.25, 0.3) is 0 Å². The molecule has 198 valence electrons. The number of benzene rings is 2. The van der Waals surface area contributed by atoms with Gasteiger partial charge in [-0.1, -0.05) is 44.2 Å². The summed E-state index contributed by atoms with van der Waals surface area (Å²) in [5.74, 6) is 1.90. The van der Waals surface area contributed by atoms with Gasteiger partial charge < -0.3 is 9.97 Å². The third-order valence-electron chi connectivity index (χ3n) is 6.90. The minimum atomic E-state index is 0.118. The van der Waals surface area contributed by atoms with Crippen LogP contribution in [0.1, 0.15) is 62.4 Å². The highest BCUT2D eigenvalue weighted by Crippen LogP contribution is 2.32. The second-order valence-electron chi connectivity index (χ2n) is 9.89. The lowest BCUT2D eigenvalue weighted by atomic mass is 10.1. The van der Waals surface area contributed by atoms with Crippen molar-refractivity contribution in [1.29, 1.82) is 0 Å². The Bertz CT molecular complexity index is 1380. The van der Waals surface area contributed by atoms with E-state index in [1.54, 1.807) is 23.7 Å². The first-order valence-electron chi connectivity index (χ1n) is 13.6. The van der Waals surface area contributed by atoms with E-state index < -0.39 is 0 Å². The number of nitrogens with one attached hydrogen (secondary N) is 2. The average molecular weight is 528 g/mol. The fourth-order valence-corrected chi connectivity index (χ4v) is 5.96. The molecular formula is C30H37N7S. The van der Waals surface area contributed by atoms with Crippen LogP contribution in [0.15, 0.2) is 67.3 Å². The molecule has 3 heterocycles. The smallest absolute Gasteiger partial charge is 0.124 e. The maximum absolute atomic E-state index is 4.95. The van der Waals surface area contributed by atoms with Crippen LogP contribution in [0.25, 0.3) is 20.8 Å². The Hall–Kier alpha value is -3.33. The van der Waals surface area contributed by atoms with Crippen LogP contribution in [0.3, 0.4) is 0 Å². The second-order valence-corrected chi connectivity index (χ2v) is 10.9. The van der Waals surface area contributed by atoms with Crippen LogP contribution in [-0.2, 0) is 19.6 Å². The van der Waals surface area contributed by atoms with Gasteiger partial charge in [-0.05, 0) is 56.1 Å². The minimum Gasteiger partial charge on any atom is -0.348 e. The Morgan fingerprint density at radius 3 is 2.26 bits per heavy atom. The quantitative estimate of drug-likeness (QED) is 0.176. The monoisotopic (exact) mass is 527 g/mol. The SMILES string of the molecule is CCCN(CCC)Cc1ccc(-c2nc3ccc(CN(Cc4ncc[nH]4)C(C)c4ncc[nH]4)cc3s2)cc1. The fourth-order valence-electron chi connectivity index (χ4n) is 4.92. The Balaban J connectivity index is 1.32. The lowest BCUT2D eigenvalue weighted by molar-refractivity contribution is 0.181. The van der Waals surface area contributed by atoms with Crippen molar-refractivity contribution in [2.75, 3.05) is 13.1 Å². The molecule has 0 saturated carbocycles. The van der Waals surface area contributed by atoms with Gasteiger partial charge in [0.2, 0.25) is 0 Å². The lowest BCUT2D eigenvalue weighted by Crippen LogP contribution is -2.27. The molecule has 0 aliphatic heterocycles. The number of aromatic nitrogens is 5. The summed E-state index contributed by atoms with van der Waals surface area (Å²) in [5, 5.41) is 1.07. The molecule has 2 aromatic carbocycles. The molecule has 0 bridgehead atoms. The molecule has 5 rings (SSSR count). The summed E-state index contributed by atoms with van der Waals surface area (Å²) in [5.41, 5.74) is 4.84. The fraction of sp³-hybridized carbons (Fsp3) is 0.367. The van der Waals surface area contributed by atoms with Crippen LogP contribution in [0, 0.1) is 0 Å². The van der Waals surface area contributed by atoms with Crippen LogP contribution < -0.4 is 0 Å². The van der Waals surface area contributed by atoms with Crippen molar-refractivity contribution in [1.82, 2.24) is 34.7 Å². The molecule has 0 radical (unpaired) electrons. The normalized spacial score (nSPS) is 12.7. The molecule has 1 unspecified atom stereocenters. The van der Waals surface area contributed by atoms with Gasteiger partial charge in [0.1, 0.15) is 16.7 Å². The number of imidazole rings is 2. The van der Waals surface area contributed by atoms with Gasteiger partial charge in [-0.25, -0.2) is 15.0 Å². The Morgan fingerprint density at radius 2 is 1.58 bits per heavy atom. The van der Waals surface area contributed by atoms with E-state index in [0.29, 0.717) is 6.54 Å². The van der Waals surface area contributed by atoms with E-state index in [9.17, 15) is 0 Å². The van der Waals surface area contributed by atoms with Crippen molar-refractivity contribution in [3.8, 4) is 10.6 Å². The number of nitrogens with zero attached hydrogens (tertiary/aromatic N) is 5. The number of hydrogen-bond donors (Lipinski definition) is 2. The van der Waals surface area contributed by atoms with Gasteiger partial charge in [-0.3, -0.25) is 9.80 Å². The minimum absolute atomic E-state index is 0.118. The predicted molar refractivity (Wildman–Crippen MR) is 156 cm³/mol. The van der Waals surface area contributed by atoms with Crippen LogP contribution >= 0.6 is 11.3 Å². The van der Waals surface area contributed by atoms with Crippen molar-refractivity contribution < 1.29 is 0 Å². The summed E-state index contributed by atoms with van der Waals surface area (Å²) in [7, 11) is 0. The first-order chi connectivity index (χ1) is 18.6. The molecular weight excluding hydrogens is 490 g/mol. The molecule has 7 nitrogen and oxygen atoms in total. The molecule has 1 atom stereocenters.